The Balaban J connectivity index is 0.00000245. The first-order chi connectivity index (χ1) is 15.2. The van der Waals surface area contributed by atoms with Crippen LogP contribution in [0.25, 0.3) is 10.8 Å². The Morgan fingerprint density at radius 1 is 0.906 bits per heavy atom. The third kappa shape index (κ3) is 4.26. The largest absolute Gasteiger partial charge is 0.496 e. The summed E-state index contributed by atoms with van der Waals surface area (Å²) in [7, 11) is 1.72. The standard InChI is InChI=1S/C27H30N2O2.ClH/c1-31-25-15-14-21(23-4-2-3-5-24(23)25)17-8-10-19(11-9-17)27(30)26-22(18-6-7-18)13-12-20(16-28)29-26;/h2-5,12-15,17-19H,6-11,16,28H2,1H3;1H. The molecule has 2 saturated carbocycles. The van der Waals surface area contributed by atoms with Crippen LogP contribution in [0.5, 0.6) is 5.75 Å². The van der Waals surface area contributed by atoms with Crippen molar-refractivity contribution in [1.29, 1.82) is 0 Å². The number of carbonyl (C=O) groups is 1. The molecule has 4 nitrogen and oxygen atoms in total. The number of benzene rings is 2. The minimum atomic E-state index is 0. The predicted molar refractivity (Wildman–Crippen MR) is 131 cm³/mol. The van der Waals surface area contributed by atoms with Crippen molar-refractivity contribution in [2.45, 2.75) is 56.9 Å². The van der Waals surface area contributed by atoms with Gasteiger partial charge in [-0.05, 0) is 79.0 Å². The molecule has 0 bridgehead atoms. The number of hydrogen-bond donors (Lipinski definition) is 1. The van der Waals surface area contributed by atoms with Crippen molar-refractivity contribution in [1.82, 2.24) is 4.98 Å². The van der Waals surface area contributed by atoms with Gasteiger partial charge in [-0.15, -0.1) is 12.4 Å². The van der Waals surface area contributed by atoms with Crippen LogP contribution in [-0.4, -0.2) is 17.9 Å². The summed E-state index contributed by atoms with van der Waals surface area (Å²) >= 11 is 0. The topological polar surface area (TPSA) is 65.2 Å². The molecule has 2 fully saturated rings. The van der Waals surface area contributed by atoms with Crippen LogP contribution in [0.1, 0.15) is 77.7 Å². The van der Waals surface area contributed by atoms with Gasteiger partial charge in [-0.25, -0.2) is 4.98 Å². The van der Waals surface area contributed by atoms with Crippen LogP contribution in [0.2, 0.25) is 0 Å². The SMILES string of the molecule is COc1ccc(C2CCC(C(=O)c3nc(CN)ccc3C3CC3)CC2)c2ccccc12.Cl. The molecule has 0 spiro atoms. The quantitative estimate of drug-likeness (QED) is 0.457. The van der Waals surface area contributed by atoms with Crippen molar-refractivity contribution < 1.29 is 9.53 Å². The highest BCUT2D eigenvalue weighted by atomic mass is 35.5. The second kappa shape index (κ2) is 9.60. The van der Waals surface area contributed by atoms with Crippen LogP contribution < -0.4 is 10.5 Å². The molecule has 1 heterocycles. The number of nitrogens with two attached hydrogens (primary N) is 1. The summed E-state index contributed by atoms with van der Waals surface area (Å²) in [5.41, 5.74) is 9.84. The van der Waals surface area contributed by atoms with Crippen molar-refractivity contribution in [3.8, 4) is 5.75 Å². The number of fused-ring (bicyclic) bond motifs is 1. The number of nitrogens with zero attached hydrogens (tertiary/aromatic N) is 1. The van der Waals surface area contributed by atoms with Crippen LogP contribution in [0.3, 0.4) is 0 Å². The lowest BCUT2D eigenvalue weighted by molar-refractivity contribution is 0.0877. The average Bonchev–Trinajstić information content (AvgIpc) is 3.68. The highest BCUT2D eigenvalue weighted by Crippen LogP contribution is 2.44. The molecule has 2 aliphatic carbocycles. The minimum Gasteiger partial charge on any atom is -0.496 e. The molecule has 168 valence electrons. The van der Waals surface area contributed by atoms with Gasteiger partial charge in [0, 0.05) is 17.8 Å². The monoisotopic (exact) mass is 450 g/mol. The Labute approximate surface area is 196 Å². The second-order valence-corrected chi connectivity index (χ2v) is 9.03. The van der Waals surface area contributed by atoms with Gasteiger partial charge in [0.2, 0.25) is 0 Å². The fraction of sp³-hybridized carbons (Fsp3) is 0.407. The van der Waals surface area contributed by atoms with Crippen LogP contribution in [0, 0.1) is 5.92 Å². The number of halogens is 1. The highest BCUT2D eigenvalue weighted by molar-refractivity contribution is 5.98. The lowest BCUT2D eigenvalue weighted by atomic mass is 9.75. The molecular weight excluding hydrogens is 420 g/mol. The Morgan fingerprint density at radius 3 is 2.19 bits per heavy atom. The summed E-state index contributed by atoms with van der Waals surface area (Å²) in [6.07, 6.45) is 6.23. The zero-order valence-electron chi connectivity index (χ0n) is 18.5. The van der Waals surface area contributed by atoms with Gasteiger partial charge >= 0.3 is 0 Å². The number of carbonyl (C=O) groups excluding carboxylic acids is 1. The molecule has 2 aromatic carbocycles. The maximum absolute atomic E-state index is 13.4. The van der Waals surface area contributed by atoms with E-state index in [9.17, 15) is 4.79 Å². The number of aromatic nitrogens is 1. The normalized spacial score (nSPS) is 20.6. The number of rotatable bonds is 6. The van der Waals surface area contributed by atoms with Crippen LogP contribution in [0.15, 0.2) is 48.5 Å². The number of pyridine rings is 1. The van der Waals surface area contributed by atoms with Gasteiger partial charge in [-0.2, -0.15) is 0 Å². The van der Waals surface area contributed by atoms with Crippen molar-refractivity contribution in [2.24, 2.45) is 11.7 Å². The van der Waals surface area contributed by atoms with Gasteiger partial charge < -0.3 is 10.5 Å². The first-order valence-corrected chi connectivity index (χ1v) is 11.5. The van der Waals surface area contributed by atoms with E-state index >= 15 is 0 Å². The molecule has 2 N–H and O–H groups in total. The van der Waals surface area contributed by atoms with Crippen LogP contribution in [0.4, 0.5) is 0 Å². The third-order valence-corrected chi connectivity index (χ3v) is 7.12. The molecule has 2 aliphatic rings. The number of methoxy groups -OCH3 is 1. The molecular formula is C27H31ClN2O2. The highest BCUT2D eigenvalue weighted by Gasteiger charge is 2.34. The molecule has 0 amide bonds. The molecule has 3 aromatic rings. The molecule has 1 aromatic heterocycles. The summed E-state index contributed by atoms with van der Waals surface area (Å²) < 4.78 is 5.56. The lowest BCUT2D eigenvalue weighted by Crippen LogP contribution is -2.24. The maximum atomic E-state index is 13.4. The number of hydrogen-bond acceptors (Lipinski definition) is 4. The molecule has 5 rings (SSSR count). The van der Waals surface area contributed by atoms with Crippen molar-refractivity contribution >= 4 is 29.0 Å². The fourth-order valence-electron chi connectivity index (χ4n) is 5.23. The molecule has 32 heavy (non-hydrogen) atoms. The van der Waals surface area contributed by atoms with Crippen molar-refractivity contribution in [2.75, 3.05) is 7.11 Å². The van der Waals surface area contributed by atoms with E-state index in [0.717, 1.165) is 48.1 Å². The Bertz CT molecular complexity index is 1120. The summed E-state index contributed by atoms with van der Waals surface area (Å²) in [4.78, 5) is 18.1. The summed E-state index contributed by atoms with van der Waals surface area (Å²) in [5, 5.41) is 2.43. The van der Waals surface area contributed by atoms with E-state index in [-0.39, 0.29) is 24.1 Å². The second-order valence-electron chi connectivity index (χ2n) is 9.03. The zero-order valence-corrected chi connectivity index (χ0v) is 19.4. The zero-order chi connectivity index (χ0) is 21.4. The molecule has 0 saturated heterocycles. The van der Waals surface area contributed by atoms with Crippen molar-refractivity contribution in [3.63, 3.8) is 0 Å². The van der Waals surface area contributed by atoms with Gasteiger partial charge in [0.05, 0.1) is 12.8 Å². The molecule has 0 atom stereocenters. The molecule has 0 unspecified atom stereocenters. The number of Topliss-reactive ketones (excluding diaryl/α,β-unsaturated/α-hetero) is 1. The molecule has 5 heteroatoms. The van der Waals surface area contributed by atoms with E-state index in [1.807, 2.05) is 6.07 Å². The van der Waals surface area contributed by atoms with Gasteiger partial charge in [0.25, 0.3) is 0 Å². The van der Waals surface area contributed by atoms with Gasteiger partial charge in [-0.3, -0.25) is 4.79 Å². The molecule has 0 aliphatic heterocycles. The van der Waals surface area contributed by atoms with E-state index in [1.54, 1.807) is 7.11 Å². The predicted octanol–water partition coefficient (Wildman–Crippen LogP) is 6.16. The Hall–Kier alpha value is -2.43. The summed E-state index contributed by atoms with van der Waals surface area (Å²) in [6.45, 7) is 0.377. The average molecular weight is 451 g/mol. The number of ketones is 1. The maximum Gasteiger partial charge on any atom is 0.184 e. The van der Waals surface area contributed by atoms with Gasteiger partial charge in [0.1, 0.15) is 11.4 Å². The van der Waals surface area contributed by atoms with E-state index in [4.69, 9.17) is 10.5 Å². The minimum absolute atomic E-state index is 0. The Kier molecular flexibility index (Phi) is 6.82. The Morgan fingerprint density at radius 2 is 1.53 bits per heavy atom. The van der Waals surface area contributed by atoms with E-state index in [1.165, 1.54) is 23.8 Å². The van der Waals surface area contributed by atoms with Crippen LogP contribution in [-0.2, 0) is 6.54 Å². The van der Waals surface area contributed by atoms with E-state index in [0.29, 0.717) is 24.1 Å². The van der Waals surface area contributed by atoms with E-state index in [2.05, 4.69) is 47.4 Å². The van der Waals surface area contributed by atoms with Gasteiger partial charge in [0.15, 0.2) is 5.78 Å². The first kappa shape index (κ1) is 22.8. The smallest absolute Gasteiger partial charge is 0.184 e. The van der Waals surface area contributed by atoms with E-state index < -0.39 is 0 Å². The summed E-state index contributed by atoms with van der Waals surface area (Å²) in [6, 6.07) is 16.8. The first-order valence-electron chi connectivity index (χ1n) is 11.5. The molecule has 0 radical (unpaired) electrons. The fourth-order valence-corrected chi connectivity index (χ4v) is 5.23. The summed E-state index contributed by atoms with van der Waals surface area (Å²) in [5.74, 6) is 2.21. The lowest BCUT2D eigenvalue weighted by Gasteiger charge is -2.29. The van der Waals surface area contributed by atoms with Gasteiger partial charge in [-0.1, -0.05) is 36.4 Å². The number of ether oxygens (including phenoxy) is 1. The third-order valence-electron chi connectivity index (χ3n) is 7.12. The van der Waals surface area contributed by atoms with Crippen LogP contribution >= 0.6 is 12.4 Å². The van der Waals surface area contributed by atoms with Crippen molar-refractivity contribution in [3.05, 3.63) is 71.0 Å².